The lowest BCUT2D eigenvalue weighted by Crippen LogP contribution is -2.44. The summed E-state index contributed by atoms with van der Waals surface area (Å²) in [6.45, 7) is 7.13. The zero-order valence-electron chi connectivity index (χ0n) is 12.4. The van der Waals surface area contributed by atoms with Crippen LogP contribution in [0.15, 0.2) is 28.7 Å². The normalized spacial score (nSPS) is 14.9. The van der Waals surface area contributed by atoms with Gasteiger partial charge in [0.25, 0.3) is 0 Å². The van der Waals surface area contributed by atoms with E-state index in [1.807, 2.05) is 6.07 Å². The maximum absolute atomic E-state index is 6.04. The molecule has 0 aliphatic rings. The average Bonchev–Trinajstić information content (AvgIpc) is 2.36. The average molecular weight is 328 g/mol. The Hall–Kier alpha value is -0.420. The highest BCUT2D eigenvalue weighted by Crippen LogP contribution is 2.28. The van der Waals surface area contributed by atoms with E-state index in [9.17, 15) is 0 Å². The van der Waals surface area contributed by atoms with Gasteiger partial charge in [0, 0.05) is 29.6 Å². The maximum atomic E-state index is 6.04. The molecule has 4 heteroatoms. The predicted molar refractivity (Wildman–Crippen MR) is 86.3 cm³/mol. The van der Waals surface area contributed by atoms with Crippen molar-refractivity contribution >= 4 is 15.9 Å². The maximum Gasteiger partial charge on any atom is 0.0484 e. The van der Waals surface area contributed by atoms with Crippen molar-refractivity contribution in [2.75, 3.05) is 33.7 Å². The lowest BCUT2D eigenvalue weighted by molar-refractivity contribution is 0.130. The second-order valence-electron chi connectivity index (χ2n) is 5.21. The van der Waals surface area contributed by atoms with E-state index in [0.29, 0.717) is 12.6 Å². The standard InChI is InChI=1S/C15H26BrN3/c1-5-19(12(2)11-18(3)4)15(10-17)13-8-6-7-9-14(13)16/h6-9,12,15H,5,10-11,17H2,1-4H3. The highest BCUT2D eigenvalue weighted by atomic mass is 79.9. The van der Waals surface area contributed by atoms with Gasteiger partial charge in [-0.15, -0.1) is 0 Å². The van der Waals surface area contributed by atoms with Crippen molar-refractivity contribution in [3.8, 4) is 0 Å². The van der Waals surface area contributed by atoms with Gasteiger partial charge in [-0.2, -0.15) is 0 Å². The molecule has 2 atom stereocenters. The van der Waals surface area contributed by atoms with Crippen molar-refractivity contribution in [1.29, 1.82) is 0 Å². The van der Waals surface area contributed by atoms with Crippen LogP contribution in [0.2, 0.25) is 0 Å². The Morgan fingerprint density at radius 2 is 1.89 bits per heavy atom. The molecular weight excluding hydrogens is 302 g/mol. The summed E-state index contributed by atoms with van der Waals surface area (Å²) in [5.41, 5.74) is 7.32. The molecule has 0 bridgehead atoms. The van der Waals surface area contributed by atoms with Crippen LogP contribution in [-0.4, -0.2) is 49.6 Å². The van der Waals surface area contributed by atoms with Gasteiger partial charge in [0.1, 0.15) is 0 Å². The number of halogens is 1. The van der Waals surface area contributed by atoms with E-state index in [1.165, 1.54) is 5.56 Å². The highest BCUT2D eigenvalue weighted by molar-refractivity contribution is 9.10. The van der Waals surface area contributed by atoms with Gasteiger partial charge < -0.3 is 10.6 Å². The lowest BCUT2D eigenvalue weighted by Gasteiger charge is -2.37. The first kappa shape index (κ1) is 16.6. The molecule has 19 heavy (non-hydrogen) atoms. The molecule has 0 saturated carbocycles. The molecule has 0 heterocycles. The quantitative estimate of drug-likeness (QED) is 0.835. The van der Waals surface area contributed by atoms with Crippen LogP contribution in [-0.2, 0) is 0 Å². The van der Waals surface area contributed by atoms with E-state index in [-0.39, 0.29) is 6.04 Å². The van der Waals surface area contributed by atoms with Crippen LogP contribution in [0.5, 0.6) is 0 Å². The van der Waals surface area contributed by atoms with E-state index >= 15 is 0 Å². The van der Waals surface area contributed by atoms with Crippen LogP contribution in [0, 0.1) is 0 Å². The molecule has 0 fully saturated rings. The molecule has 0 aliphatic carbocycles. The largest absolute Gasteiger partial charge is 0.329 e. The first-order valence-corrected chi connectivity index (χ1v) is 7.65. The molecule has 1 rings (SSSR count). The van der Waals surface area contributed by atoms with Gasteiger partial charge in [0.05, 0.1) is 0 Å². The zero-order chi connectivity index (χ0) is 14.4. The fraction of sp³-hybridized carbons (Fsp3) is 0.600. The van der Waals surface area contributed by atoms with E-state index in [1.54, 1.807) is 0 Å². The summed E-state index contributed by atoms with van der Waals surface area (Å²) < 4.78 is 1.14. The van der Waals surface area contributed by atoms with Crippen molar-refractivity contribution in [3.63, 3.8) is 0 Å². The smallest absolute Gasteiger partial charge is 0.0484 e. The third kappa shape index (κ3) is 4.56. The number of benzene rings is 1. The summed E-state index contributed by atoms with van der Waals surface area (Å²) in [4.78, 5) is 4.70. The molecule has 108 valence electrons. The molecule has 0 spiro atoms. The molecule has 3 nitrogen and oxygen atoms in total. The van der Waals surface area contributed by atoms with E-state index in [2.05, 4.69) is 71.9 Å². The monoisotopic (exact) mass is 327 g/mol. The summed E-state index contributed by atoms with van der Waals surface area (Å²) in [7, 11) is 4.22. The zero-order valence-corrected chi connectivity index (χ0v) is 14.0. The topological polar surface area (TPSA) is 32.5 Å². The number of hydrogen-bond acceptors (Lipinski definition) is 3. The van der Waals surface area contributed by atoms with Gasteiger partial charge in [-0.05, 0) is 39.2 Å². The lowest BCUT2D eigenvalue weighted by atomic mass is 10.0. The minimum absolute atomic E-state index is 0.260. The third-order valence-electron chi connectivity index (χ3n) is 3.45. The van der Waals surface area contributed by atoms with Gasteiger partial charge >= 0.3 is 0 Å². The molecule has 2 N–H and O–H groups in total. The summed E-state index contributed by atoms with van der Waals surface area (Å²) in [5, 5.41) is 0. The summed E-state index contributed by atoms with van der Waals surface area (Å²) >= 11 is 3.64. The Balaban J connectivity index is 2.96. The molecule has 0 aromatic heterocycles. The molecule has 1 aromatic rings. The fourth-order valence-corrected chi connectivity index (χ4v) is 3.21. The molecule has 2 unspecified atom stereocenters. The summed E-state index contributed by atoms with van der Waals surface area (Å²) in [6, 6.07) is 9.10. The van der Waals surface area contributed by atoms with Gasteiger partial charge in [-0.3, -0.25) is 4.90 Å². The number of nitrogens with two attached hydrogens (primary N) is 1. The van der Waals surface area contributed by atoms with Gasteiger partial charge in [-0.1, -0.05) is 41.1 Å². The fourth-order valence-electron chi connectivity index (χ4n) is 2.66. The van der Waals surface area contributed by atoms with Crippen molar-refractivity contribution in [1.82, 2.24) is 9.80 Å². The second kappa shape index (κ2) is 8.00. The first-order chi connectivity index (χ1) is 9.01. The third-order valence-corrected chi connectivity index (χ3v) is 4.17. The van der Waals surface area contributed by atoms with Crippen molar-refractivity contribution in [2.45, 2.75) is 25.9 Å². The van der Waals surface area contributed by atoms with E-state index < -0.39 is 0 Å². The van der Waals surface area contributed by atoms with Crippen LogP contribution in [0.3, 0.4) is 0 Å². The number of hydrogen-bond donors (Lipinski definition) is 1. The van der Waals surface area contributed by atoms with Gasteiger partial charge in [0.2, 0.25) is 0 Å². The Bertz CT molecular complexity index is 381. The van der Waals surface area contributed by atoms with Gasteiger partial charge in [0.15, 0.2) is 0 Å². The molecule has 0 aliphatic heterocycles. The van der Waals surface area contributed by atoms with Crippen molar-refractivity contribution in [3.05, 3.63) is 34.3 Å². The number of rotatable bonds is 7. The van der Waals surface area contributed by atoms with E-state index in [4.69, 9.17) is 5.73 Å². The van der Waals surface area contributed by atoms with Crippen LogP contribution in [0.4, 0.5) is 0 Å². The Morgan fingerprint density at radius 3 is 2.37 bits per heavy atom. The van der Waals surface area contributed by atoms with Gasteiger partial charge in [-0.25, -0.2) is 0 Å². The predicted octanol–water partition coefficient (Wildman–Crippen LogP) is 2.72. The Kier molecular flexibility index (Phi) is 7.00. The number of likely N-dealkylation sites (N-methyl/N-ethyl adjacent to an activating group) is 2. The van der Waals surface area contributed by atoms with E-state index in [0.717, 1.165) is 17.6 Å². The molecule has 0 amide bonds. The highest BCUT2D eigenvalue weighted by Gasteiger charge is 2.24. The second-order valence-corrected chi connectivity index (χ2v) is 6.07. The van der Waals surface area contributed by atoms with Crippen LogP contribution in [0.1, 0.15) is 25.5 Å². The number of nitrogens with zero attached hydrogens (tertiary/aromatic N) is 2. The molecule has 0 radical (unpaired) electrons. The van der Waals surface area contributed by atoms with Crippen molar-refractivity contribution < 1.29 is 0 Å². The SMILES string of the molecule is CCN(C(C)CN(C)C)C(CN)c1ccccc1Br. The summed E-state index contributed by atoms with van der Waals surface area (Å²) in [5.74, 6) is 0. The Labute approximate surface area is 125 Å². The molecule has 0 saturated heterocycles. The van der Waals surface area contributed by atoms with Crippen LogP contribution >= 0.6 is 15.9 Å². The first-order valence-electron chi connectivity index (χ1n) is 6.86. The summed E-state index contributed by atoms with van der Waals surface area (Å²) in [6.07, 6.45) is 0. The van der Waals surface area contributed by atoms with Crippen molar-refractivity contribution in [2.24, 2.45) is 5.73 Å². The molecule has 1 aromatic carbocycles. The molecular formula is C15H26BrN3. The Morgan fingerprint density at radius 1 is 1.26 bits per heavy atom. The minimum atomic E-state index is 0.260. The van der Waals surface area contributed by atoms with Crippen LogP contribution in [0.25, 0.3) is 0 Å². The van der Waals surface area contributed by atoms with Crippen LogP contribution < -0.4 is 5.73 Å². The minimum Gasteiger partial charge on any atom is -0.329 e.